The molecule has 0 bridgehead atoms. The van der Waals surface area contributed by atoms with Crippen molar-refractivity contribution in [2.75, 3.05) is 5.75 Å². The van der Waals surface area contributed by atoms with Crippen molar-refractivity contribution in [3.8, 4) is 0 Å². The highest BCUT2D eigenvalue weighted by Crippen LogP contribution is 2.30. The summed E-state index contributed by atoms with van der Waals surface area (Å²) in [4.78, 5) is 23.2. The highest BCUT2D eigenvalue weighted by molar-refractivity contribution is 8.14. The Bertz CT molecular complexity index is 668. The molecular formula is C14H14N2O2S2. The van der Waals surface area contributed by atoms with E-state index in [0.717, 1.165) is 17.3 Å². The van der Waals surface area contributed by atoms with Crippen molar-refractivity contribution < 1.29 is 9.59 Å². The van der Waals surface area contributed by atoms with Gasteiger partial charge in [0.15, 0.2) is 0 Å². The molecule has 6 heteroatoms. The van der Waals surface area contributed by atoms with E-state index in [1.54, 1.807) is 11.3 Å². The highest BCUT2D eigenvalue weighted by Gasteiger charge is 2.29. The van der Waals surface area contributed by atoms with E-state index in [4.69, 9.17) is 0 Å². The monoisotopic (exact) mass is 306 g/mol. The van der Waals surface area contributed by atoms with E-state index in [0.29, 0.717) is 5.75 Å². The molecule has 2 heterocycles. The van der Waals surface area contributed by atoms with Crippen molar-refractivity contribution >= 4 is 44.3 Å². The molecular weight excluding hydrogens is 292 g/mol. The molecule has 2 atom stereocenters. The highest BCUT2D eigenvalue weighted by atomic mass is 32.2. The van der Waals surface area contributed by atoms with Gasteiger partial charge >= 0.3 is 0 Å². The number of amides is 2. The first-order valence-electron chi connectivity index (χ1n) is 6.35. The lowest BCUT2D eigenvalue weighted by molar-refractivity contribution is -0.122. The maximum atomic E-state index is 12.1. The smallest absolute Gasteiger partial charge is 0.279 e. The Balaban J connectivity index is 1.74. The van der Waals surface area contributed by atoms with Gasteiger partial charge in [-0.25, -0.2) is 0 Å². The first-order chi connectivity index (χ1) is 9.65. The van der Waals surface area contributed by atoms with Crippen LogP contribution in [-0.4, -0.2) is 22.9 Å². The second-order valence-electron chi connectivity index (χ2n) is 4.71. The topological polar surface area (TPSA) is 58.2 Å². The fourth-order valence-corrected chi connectivity index (χ4v) is 4.08. The molecule has 2 aromatic rings. The molecule has 2 amide bonds. The molecule has 0 spiro atoms. The number of thiophene rings is 1. The van der Waals surface area contributed by atoms with Crippen LogP contribution in [-0.2, 0) is 4.79 Å². The molecule has 0 aliphatic carbocycles. The summed E-state index contributed by atoms with van der Waals surface area (Å²) < 4.78 is 1.22. The predicted octanol–water partition coefficient (Wildman–Crippen LogP) is 2.90. The maximum Gasteiger partial charge on any atom is 0.279 e. The largest absolute Gasteiger partial charge is 0.348 e. The number of thioether (sulfide) groups is 1. The SMILES string of the molecule is C[C@@H](NC(=O)[C@@H]1CSC(=O)N1)c1csc2ccccc12. The normalized spacial score (nSPS) is 19.9. The fraction of sp³-hybridized carbons (Fsp3) is 0.286. The van der Waals surface area contributed by atoms with E-state index < -0.39 is 6.04 Å². The first kappa shape index (κ1) is 13.5. The van der Waals surface area contributed by atoms with Crippen LogP contribution in [0.4, 0.5) is 4.79 Å². The second-order valence-corrected chi connectivity index (χ2v) is 6.62. The molecule has 0 unspecified atom stereocenters. The van der Waals surface area contributed by atoms with Crippen molar-refractivity contribution in [1.82, 2.24) is 10.6 Å². The van der Waals surface area contributed by atoms with E-state index in [1.807, 2.05) is 19.1 Å². The van der Waals surface area contributed by atoms with Gasteiger partial charge in [-0.1, -0.05) is 30.0 Å². The van der Waals surface area contributed by atoms with E-state index in [-0.39, 0.29) is 17.2 Å². The minimum absolute atomic E-state index is 0.0684. The summed E-state index contributed by atoms with van der Waals surface area (Å²) >= 11 is 2.83. The average molecular weight is 306 g/mol. The molecule has 1 aliphatic heterocycles. The van der Waals surface area contributed by atoms with Crippen LogP contribution >= 0.6 is 23.1 Å². The first-order valence-corrected chi connectivity index (χ1v) is 8.21. The van der Waals surface area contributed by atoms with Crippen molar-refractivity contribution in [2.45, 2.75) is 19.0 Å². The summed E-state index contributed by atoms with van der Waals surface area (Å²) in [5, 5.41) is 8.76. The summed E-state index contributed by atoms with van der Waals surface area (Å²) in [6, 6.07) is 7.67. The van der Waals surface area contributed by atoms with Crippen molar-refractivity contribution in [1.29, 1.82) is 0 Å². The molecule has 4 nitrogen and oxygen atoms in total. The Labute approximate surface area is 124 Å². The molecule has 1 saturated heterocycles. The lowest BCUT2D eigenvalue weighted by atomic mass is 10.1. The number of hydrogen-bond acceptors (Lipinski definition) is 4. The minimum Gasteiger partial charge on any atom is -0.348 e. The van der Waals surface area contributed by atoms with Crippen LogP contribution in [0.15, 0.2) is 29.6 Å². The van der Waals surface area contributed by atoms with E-state index in [2.05, 4.69) is 28.1 Å². The number of carbonyl (C=O) groups excluding carboxylic acids is 2. The van der Waals surface area contributed by atoms with Crippen LogP contribution in [0.3, 0.4) is 0 Å². The number of carbonyl (C=O) groups is 2. The molecule has 1 aromatic heterocycles. The molecule has 0 radical (unpaired) electrons. The van der Waals surface area contributed by atoms with Gasteiger partial charge in [-0.15, -0.1) is 11.3 Å². The molecule has 1 aromatic carbocycles. The number of rotatable bonds is 3. The van der Waals surface area contributed by atoms with Crippen LogP contribution in [0.5, 0.6) is 0 Å². The van der Waals surface area contributed by atoms with E-state index >= 15 is 0 Å². The molecule has 20 heavy (non-hydrogen) atoms. The van der Waals surface area contributed by atoms with Gasteiger partial charge in [0.25, 0.3) is 5.24 Å². The van der Waals surface area contributed by atoms with Crippen molar-refractivity contribution in [3.05, 3.63) is 35.2 Å². The van der Waals surface area contributed by atoms with Gasteiger partial charge in [0.1, 0.15) is 6.04 Å². The molecule has 3 rings (SSSR count). The van der Waals surface area contributed by atoms with Crippen LogP contribution in [0, 0.1) is 0 Å². The number of hydrogen-bond donors (Lipinski definition) is 2. The van der Waals surface area contributed by atoms with Gasteiger partial charge in [-0.05, 0) is 29.3 Å². The van der Waals surface area contributed by atoms with Crippen LogP contribution in [0.1, 0.15) is 18.5 Å². The Morgan fingerprint density at radius 2 is 2.25 bits per heavy atom. The zero-order valence-electron chi connectivity index (χ0n) is 10.9. The Kier molecular flexibility index (Phi) is 3.67. The summed E-state index contributed by atoms with van der Waals surface area (Å²) in [5.41, 5.74) is 1.12. The standard InChI is InChI=1S/C14H14N2O2S2/c1-8(15-13(17)11-7-20-14(18)16-11)10-6-19-12-5-3-2-4-9(10)12/h2-6,8,11H,7H2,1H3,(H,15,17)(H,16,18)/t8-,11+/m1/s1. The minimum atomic E-state index is -0.417. The van der Waals surface area contributed by atoms with Gasteiger partial charge in [-0.2, -0.15) is 0 Å². The number of benzene rings is 1. The quantitative estimate of drug-likeness (QED) is 0.916. The van der Waals surface area contributed by atoms with Crippen LogP contribution in [0.2, 0.25) is 0 Å². The molecule has 1 aliphatic rings. The second kappa shape index (κ2) is 5.46. The van der Waals surface area contributed by atoms with Gasteiger partial charge in [0.2, 0.25) is 5.91 Å². The zero-order valence-corrected chi connectivity index (χ0v) is 12.5. The van der Waals surface area contributed by atoms with Crippen LogP contribution < -0.4 is 10.6 Å². The van der Waals surface area contributed by atoms with E-state index in [1.165, 1.54) is 10.1 Å². The van der Waals surface area contributed by atoms with Gasteiger partial charge in [0, 0.05) is 10.5 Å². The van der Waals surface area contributed by atoms with Gasteiger partial charge in [-0.3, -0.25) is 9.59 Å². The van der Waals surface area contributed by atoms with Crippen molar-refractivity contribution in [2.24, 2.45) is 0 Å². The zero-order chi connectivity index (χ0) is 14.1. The third-order valence-corrected chi connectivity index (χ3v) is 5.19. The lowest BCUT2D eigenvalue weighted by Crippen LogP contribution is -2.43. The lowest BCUT2D eigenvalue weighted by Gasteiger charge is -2.16. The van der Waals surface area contributed by atoms with Crippen LogP contribution in [0.25, 0.3) is 10.1 Å². The third kappa shape index (κ3) is 2.53. The maximum absolute atomic E-state index is 12.1. The summed E-state index contributed by atoms with van der Waals surface area (Å²) in [6.07, 6.45) is 0. The summed E-state index contributed by atoms with van der Waals surface area (Å²) in [7, 11) is 0. The van der Waals surface area contributed by atoms with Gasteiger partial charge in [0.05, 0.1) is 6.04 Å². The molecule has 2 N–H and O–H groups in total. The molecule has 104 valence electrons. The fourth-order valence-electron chi connectivity index (χ4n) is 2.25. The number of fused-ring (bicyclic) bond motifs is 1. The van der Waals surface area contributed by atoms with Crippen molar-refractivity contribution in [3.63, 3.8) is 0 Å². The Hall–Kier alpha value is -1.53. The van der Waals surface area contributed by atoms with Gasteiger partial charge < -0.3 is 10.6 Å². The number of nitrogens with one attached hydrogen (secondary N) is 2. The average Bonchev–Trinajstić information content (AvgIpc) is 3.04. The van der Waals surface area contributed by atoms with E-state index in [9.17, 15) is 9.59 Å². The summed E-state index contributed by atoms with van der Waals surface area (Å²) in [5.74, 6) is 0.382. The Morgan fingerprint density at radius 3 is 3.00 bits per heavy atom. The third-order valence-electron chi connectivity index (χ3n) is 3.33. The molecule has 0 saturated carbocycles. The Morgan fingerprint density at radius 1 is 1.45 bits per heavy atom. The summed E-state index contributed by atoms with van der Waals surface area (Å²) in [6.45, 7) is 1.97. The molecule has 1 fully saturated rings. The predicted molar refractivity (Wildman–Crippen MR) is 83.2 cm³/mol.